The number of hydrogen-bond donors (Lipinski definition) is 2. The van der Waals surface area contributed by atoms with Crippen molar-refractivity contribution in [3.05, 3.63) is 11.5 Å². The zero-order chi connectivity index (χ0) is 15.6. The smallest absolute Gasteiger partial charge is 0.330 e. The minimum absolute atomic E-state index is 0.0889. The largest absolute Gasteiger partial charge is 0.394 e. The van der Waals surface area contributed by atoms with Gasteiger partial charge in [-0.15, -0.1) is 5.06 Å². The van der Waals surface area contributed by atoms with Crippen molar-refractivity contribution in [2.75, 3.05) is 24.1 Å². The van der Waals surface area contributed by atoms with E-state index in [2.05, 4.69) is 15.3 Å². The van der Waals surface area contributed by atoms with Gasteiger partial charge in [-0.25, -0.2) is 9.78 Å². The molecule has 0 amide bonds. The lowest BCUT2D eigenvalue weighted by Gasteiger charge is -2.22. The van der Waals surface area contributed by atoms with E-state index in [9.17, 15) is 4.79 Å². The molecule has 1 saturated heterocycles. The zero-order valence-corrected chi connectivity index (χ0v) is 13.1. The maximum atomic E-state index is 11.8. The Labute approximate surface area is 128 Å². The number of rotatable bonds is 3. The van der Waals surface area contributed by atoms with Crippen molar-refractivity contribution < 1.29 is 9.63 Å². The first-order valence-electron chi connectivity index (χ1n) is 6.77. The number of halogens is 1. The zero-order valence-electron chi connectivity index (χ0n) is 12.4. The van der Waals surface area contributed by atoms with E-state index in [0.29, 0.717) is 24.6 Å². The molecule has 1 aromatic rings. The predicted molar refractivity (Wildman–Crippen MR) is 80.6 cm³/mol. The van der Waals surface area contributed by atoms with Crippen molar-refractivity contribution in [2.24, 2.45) is 5.41 Å². The Balaban J connectivity index is 1.91. The van der Waals surface area contributed by atoms with Gasteiger partial charge in [0.25, 0.3) is 0 Å². The average Bonchev–Trinajstić information content (AvgIpc) is 2.80. The van der Waals surface area contributed by atoms with Crippen LogP contribution in [0.15, 0.2) is 6.20 Å². The van der Waals surface area contributed by atoms with Gasteiger partial charge in [-0.2, -0.15) is 4.98 Å². The van der Waals surface area contributed by atoms with Crippen molar-refractivity contribution in [3.8, 4) is 0 Å². The molecule has 1 unspecified atom stereocenters. The van der Waals surface area contributed by atoms with Crippen LogP contribution in [0.2, 0.25) is 5.28 Å². The molecule has 0 aliphatic carbocycles. The Morgan fingerprint density at radius 3 is 2.95 bits per heavy atom. The molecule has 8 heteroatoms. The van der Waals surface area contributed by atoms with E-state index < -0.39 is 5.41 Å². The van der Waals surface area contributed by atoms with Crippen LogP contribution in [0.1, 0.15) is 27.2 Å². The highest BCUT2D eigenvalue weighted by Crippen LogP contribution is 2.22. The molecule has 1 aliphatic rings. The Morgan fingerprint density at radius 1 is 1.57 bits per heavy atom. The fourth-order valence-electron chi connectivity index (χ4n) is 1.86. The number of nitrogen functional groups attached to an aromatic ring is 1. The summed E-state index contributed by atoms with van der Waals surface area (Å²) in [5.41, 5.74) is 5.71. The van der Waals surface area contributed by atoms with Crippen molar-refractivity contribution in [1.82, 2.24) is 15.0 Å². The lowest BCUT2D eigenvalue weighted by Crippen LogP contribution is -2.33. The Kier molecular flexibility index (Phi) is 4.53. The molecular weight excluding hydrogens is 294 g/mol. The first-order valence-corrected chi connectivity index (χ1v) is 7.15. The van der Waals surface area contributed by atoms with Crippen molar-refractivity contribution in [1.29, 1.82) is 0 Å². The van der Waals surface area contributed by atoms with E-state index in [4.69, 9.17) is 22.2 Å². The van der Waals surface area contributed by atoms with Crippen LogP contribution in [0.25, 0.3) is 0 Å². The van der Waals surface area contributed by atoms with Gasteiger partial charge in [0.15, 0.2) is 5.82 Å². The molecule has 2 rings (SSSR count). The van der Waals surface area contributed by atoms with Crippen LogP contribution in [-0.2, 0) is 9.63 Å². The molecule has 1 fully saturated rings. The lowest BCUT2D eigenvalue weighted by atomic mass is 9.98. The highest BCUT2D eigenvalue weighted by molar-refractivity contribution is 6.28. The highest BCUT2D eigenvalue weighted by Gasteiger charge is 2.30. The van der Waals surface area contributed by atoms with E-state index in [0.717, 1.165) is 6.42 Å². The van der Waals surface area contributed by atoms with E-state index in [1.165, 1.54) is 6.20 Å². The predicted octanol–water partition coefficient (Wildman–Crippen LogP) is 1.70. The molecule has 0 spiro atoms. The number of hydrogen-bond acceptors (Lipinski definition) is 7. The third kappa shape index (κ3) is 4.18. The summed E-state index contributed by atoms with van der Waals surface area (Å²) in [4.78, 5) is 25.1. The molecule has 1 atom stereocenters. The first-order chi connectivity index (χ1) is 9.75. The van der Waals surface area contributed by atoms with Crippen LogP contribution in [0.3, 0.4) is 0 Å². The number of nitrogens with two attached hydrogens (primary N) is 1. The maximum absolute atomic E-state index is 11.8. The lowest BCUT2D eigenvalue weighted by molar-refractivity contribution is -0.195. The number of nitrogens with one attached hydrogen (secondary N) is 1. The third-order valence-electron chi connectivity index (χ3n) is 3.10. The molecule has 0 bridgehead atoms. The monoisotopic (exact) mass is 313 g/mol. The Hall–Kier alpha value is -1.60. The van der Waals surface area contributed by atoms with Gasteiger partial charge < -0.3 is 15.9 Å². The van der Waals surface area contributed by atoms with Gasteiger partial charge in [-0.1, -0.05) is 0 Å². The summed E-state index contributed by atoms with van der Waals surface area (Å²) in [5.74, 6) is 0.261. The number of nitrogens with zero attached hydrogens (tertiary/aromatic N) is 3. The molecule has 0 aromatic carbocycles. The summed E-state index contributed by atoms with van der Waals surface area (Å²) in [6.45, 7) is 6.71. The standard InChI is InChI=1S/C13H20ClN5O2/c1-13(2,3)11(20)21-19-5-4-8(7-19)17-10-9(15)6-16-12(14)18-10/h6,8H,4-5,7,15H2,1-3H3,(H,16,17,18). The van der Waals surface area contributed by atoms with E-state index in [1.807, 2.05) is 20.8 Å². The van der Waals surface area contributed by atoms with Crippen molar-refractivity contribution in [3.63, 3.8) is 0 Å². The summed E-state index contributed by atoms with van der Waals surface area (Å²) in [7, 11) is 0. The topological polar surface area (TPSA) is 93.4 Å². The van der Waals surface area contributed by atoms with Crippen LogP contribution in [0.5, 0.6) is 0 Å². The molecule has 1 aliphatic heterocycles. The average molecular weight is 314 g/mol. The quantitative estimate of drug-likeness (QED) is 0.820. The van der Waals surface area contributed by atoms with Gasteiger partial charge in [0, 0.05) is 12.6 Å². The van der Waals surface area contributed by atoms with Crippen molar-refractivity contribution in [2.45, 2.75) is 33.2 Å². The van der Waals surface area contributed by atoms with Crippen molar-refractivity contribution >= 4 is 29.1 Å². The molecule has 7 nitrogen and oxygen atoms in total. The normalized spacial score (nSPS) is 19.5. The SMILES string of the molecule is CC(C)(C)C(=O)ON1CCC(Nc2nc(Cl)ncc2N)C1. The summed E-state index contributed by atoms with van der Waals surface area (Å²) in [6, 6.07) is 0.0889. The number of carbonyl (C=O) groups is 1. The van der Waals surface area contributed by atoms with Crippen LogP contribution >= 0.6 is 11.6 Å². The van der Waals surface area contributed by atoms with E-state index in [1.54, 1.807) is 5.06 Å². The van der Waals surface area contributed by atoms with Crippen LogP contribution in [0.4, 0.5) is 11.5 Å². The van der Waals surface area contributed by atoms with Gasteiger partial charge in [-0.05, 0) is 38.8 Å². The summed E-state index contributed by atoms with van der Waals surface area (Å²) < 4.78 is 0. The van der Waals surface area contributed by atoms with Crippen LogP contribution in [-0.4, -0.2) is 40.1 Å². The summed E-state index contributed by atoms with van der Waals surface area (Å²) in [5, 5.41) is 4.99. The Morgan fingerprint density at radius 2 is 2.29 bits per heavy atom. The first kappa shape index (κ1) is 15.8. The molecule has 116 valence electrons. The molecular formula is C13H20ClN5O2. The van der Waals surface area contributed by atoms with E-state index in [-0.39, 0.29) is 17.3 Å². The molecule has 2 heterocycles. The number of aromatic nitrogens is 2. The summed E-state index contributed by atoms with van der Waals surface area (Å²) >= 11 is 5.75. The fraction of sp³-hybridized carbons (Fsp3) is 0.615. The van der Waals surface area contributed by atoms with Gasteiger partial charge in [-0.3, -0.25) is 0 Å². The number of carbonyl (C=O) groups excluding carboxylic acids is 1. The minimum atomic E-state index is -0.518. The van der Waals surface area contributed by atoms with Gasteiger partial charge in [0.05, 0.1) is 23.8 Å². The minimum Gasteiger partial charge on any atom is -0.394 e. The number of hydroxylamine groups is 2. The molecule has 0 saturated carbocycles. The number of anilines is 2. The highest BCUT2D eigenvalue weighted by atomic mass is 35.5. The maximum Gasteiger partial charge on any atom is 0.330 e. The van der Waals surface area contributed by atoms with Gasteiger partial charge >= 0.3 is 5.97 Å². The second-order valence-corrected chi connectivity index (χ2v) is 6.43. The van der Waals surface area contributed by atoms with Crippen LogP contribution in [0, 0.1) is 5.41 Å². The molecule has 1 aromatic heterocycles. The third-order valence-corrected chi connectivity index (χ3v) is 3.29. The van der Waals surface area contributed by atoms with E-state index >= 15 is 0 Å². The molecule has 21 heavy (non-hydrogen) atoms. The molecule has 0 radical (unpaired) electrons. The Bertz CT molecular complexity index is 532. The summed E-state index contributed by atoms with van der Waals surface area (Å²) in [6.07, 6.45) is 2.28. The van der Waals surface area contributed by atoms with Gasteiger partial charge in [0.1, 0.15) is 0 Å². The second-order valence-electron chi connectivity index (χ2n) is 6.09. The fourth-order valence-corrected chi connectivity index (χ4v) is 2.00. The second kappa shape index (κ2) is 6.03. The van der Waals surface area contributed by atoms with Crippen LogP contribution < -0.4 is 11.1 Å². The molecule has 3 N–H and O–H groups in total. The van der Waals surface area contributed by atoms with Gasteiger partial charge in [0.2, 0.25) is 5.28 Å².